The zero-order chi connectivity index (χ0) is 23.8. The van der Waals surface area contributed by atoms with Crippen LogP contribution in [0.15, 0.2) is 11.3 Å². The molecule has 0 amide bonds. The van der Waals surface area contributed by atoms with Gasteiger partial charge in [0.25, 0.3) is 0 Å². The third kappa shape index (κ3) is 5.04. The molecule has 13 heteroatoms. The first-order chi connectivity index (χ1) is 15.7. The van der Waals surface area contributed by atoms with Crippen molar-refractivity contribution >= 4 is 28.3 Å². The molecule has 0 aliphatic carbocycles. The lowest BCUT2D eigenvalue weighted by Gasteiger charge is -2.44. The Morgan fingerprint density at radius 2 is 2.03 bits per heavy atom. The number of rotatable bonds is 7. The molecular formula is C20H26ClFN8O3. The highest BCUT2D eigenvalue weighted by Crippen LogP contribution is 2.37. The Morgan fingerprint density at radius 1 is 1.33 bits per heavy atom. The highest BCUT2D eigenvalue weighted by Gasteiger charge is 2.45. The molecule has 3 unspecified atom stereocenters. The summed E-state index contributed by atoms with van der Waals surface area (Å²) in [4.78, 5) is 19.3. The lowest BCUT2D eigenvalue weighted by atomic mass is 10.1. The molecule has 2 aromatic rings. The number of piperazine rings is 1. The average Bonchev–Trinajstić information content (AvgIpc) is 3.02. The summed E-state index contributed by atoms with van der Waals surface area (Å²) >= 11 is 5.88. The molecule has 1 N–H and O–H groups in total. The minimum Gasteiger partial charge on any atom is -0.463 e. The average molecular weight is 481 g/mol. The molecule has 2 aliphatic rings. The van der Waals surface area contributed by atoms with Crippen LogP contribution >= 0.6 is 11.6 Å². The van der Waals surface area contributed by atoms with E-state index >= 15 is 0 Å². The summed E-state index contributed by atoms with van der Waals surface area (Å²) < 4.78 is 26.1. The number of aliphatic hydroxyl groups excluding tert-OH is 1. The number of hydrogen-bond donors (Lipinski definition) is 1. The molecule has 178 valence electrons. The highest BCUT2D eigenvalue weighted by atomic mass is 35.5. The molecule has 0 radical (unpaired) electrons. The van der Waals surface area contributed by atoms with Gasteiger partial charge in [-0.15, -0.1) is 0 Å². The Bertz CT molecular complexity index is 1060. The number of aromatic nitrogens is 3. The van der Waals surface area contributed by atoms with Crippen LogP contribution in [0, 0.1) is 5.82 Å². The Kier molecular flexibility index (Phi) is 6.73. The summed E-state index contributed by atoms with van der Waals surface area (Å²) in [5.74, 6) is -0.280. The maximum atomic E-state index is 14.8. The second-order valence-electron chi connectivity index (χ2n) is 9.05. The number of ether oxygens (including phenoxy) is 2. The molecule has 2 saturated heterocycles. The van der Waals surface area contributed by atoms with E-state index in [9.17, 15) is 9.50 Å². The molecule has 33 heavy (non-hydrogen) atoms. The number of halogens is 2. The minimum absolute atomic E-state index is 0.00432. The third-order valence-corrected chi connectivity index (χ3v) is 5.90. The summed E-state index contributed by atoms with van der Waals surface area (Å²) in [5, 5.41) is 14.2. The second kappa shape index (κ2) is 9.40. The first-order valence-corrected chi connectivity index (χ1v) is 11.1. The van der Waals surface area contributed by atoms with E-state index in [4.69, 9.17) is 26.6 Å². The van der Waals surface area contributed by atoms with Crippen molar-refractivity contribution in [1.29, 1.82) is 0 Å². The fourth-order valence-corrected chi connectivity index (χ4v) is 4.51. The molecule has 0 spiro atoms. The number of pyridine rings is 1. The SMILES string of the molecule is CC(C)(C)OC(O)N1C2CCC1CN(c1nc(OCCN=[N+]=[N-])nc3c(F)c(Cl)ncc13)C2. The number of azide groups is 1. The number of fused-ring (bicyclic) bond motifs is 3. The van der Waals surface area contributed by atoms with Gasteiger partial charge < -0.3 is 19.5 Å². The normalized spacial score (nSPS) is 21.8. The Morgan fingerprint density at radius 3 is 2.67 bits per heavy atom. The van der Waals surface area contributed by atoms with Crippen LogP contribution in [-0.2, 0) is 4.74 Å². The van der Waals surface area contributed by atoms with Gasteiger partial charge in [-0.05, 0) is 39.1 Å². The molecule has 0 saturated carbocycles. The van der Waals surface area contributed by atoms with Gasteiger partial charge in [0.05, 0.1) is 24.1 Å². The number of anilines is 1. The van der Waals surface area contributed by atoms with Crippen LogP contribution in [0.25, 0.3) is 21.3 Å². The van der Waals surface area contributed by atoms with Gasteiger partial charge in [0.2, 0.25) is 6.41 Å². The fraction of sp³-hybridized carbons (Fsp3) is 0.650. The van der Waals surface area contributed by atoms with Crippen LogP contribution < -0.4 is 9.64 Å². The van der Waals surface area contributed by atoms with Crippen molar-refractivity contribution in [1.82, 2.24) is 19.9 Å². The van der Waals surface area contributed by atoms with Crippen LogP contribution in [-0.4, -0.2) is 75.3 Å². The maximum absolute atomic E-state index is 14.8. The summed E-state index contributed by atoms with van der Waals surface area (Å²) in [6, 6.07) is 0.0220. The Labute approximate surface area is 195 Å². The van der Waals surface area contributed by atoms with Crippen LogP contribution in [0.5, 0.6) is 6.01 Å². The number of aliphatic hydroxyl groups is 1. The van der Waals surface area contributed by atoms with E-state index in [0.717, 1.165) is 12.8 Å². The van der Waals surface area contributed by atoms with Crippen molar-refractivity contribution in [3.05, 3.63) is 27.6 Å². The third-order valence-electron chi connectivity index (χ3n) is 5.64. The van der Waals surface area contributed by atoms with E-state index in [-0.39, 0.29) is 41.9 Å². The zero-order valence-corrected chi connectivity index (χ0v) is 19.4. The van der Waals surface area contributed by atoms with E-state index < -0.39 is 17.8 Å². The summed E-state index contributed by atoms with van der Waals surface area (Å²) in [7, 11) is 0. The molecule has 2 aromatic heterocycles. The minimum atomic E-state index is -1.01. The molecule has 3 atom stereocenters. The molecule has 11 nitrogen and oxygen atoms in total. The van der Waals surface area contributed by atoms with Gasteiger partial charge in [-0.25, -0.2) is 14.3 Å². The van der Waals surface area contributed by atoms with Gasteiger partial charge in [0, 0.05) is 36.3 Å². The smallest absolute Gasteiger partial charge is 0.319 e. The van der Waals surface area contributed by atoms with Gasteiger partial charge in [-0.3, -0.25) is 0 Å². The van der Waals surface area contributed by atoms with E-state index in [1.165, 1.54) is 6.20 Å². The fourth-order valence-electron chi connectivity index (χ4n) is 4.37. The number of nitrogens with zero attached hydrogens (tertiary/aromatic N) is 8. The van der Waals surface area contributed by atoms with Crippen molar-refractivity contribution in [2.75, 3.05) is 31.1 Å². The first-order valence-electron chi connectivity index (χ1n) is 10.7. The molecule has 4 heterocycles. The van der Waals surface area contributed by atoms with Gasteiger partial charge in [0.1, 0.15) is 11.3 Å². The first kappa shape index (κ1) is 23.7. The van der Waals surface area contributed by atoms with E-state index in [2.05, 4.69) is 25.0 Å². The standard InChI is InChI=1S/C20H26ClFN8O3/c1-20(2,3)33-19(31)30-11-4-5-12(30)10-29(9-11)17-13-8-24-16(21)14(22)15(13)26-18(27-17)32-7-6-25-28-23/h8,11-12,19,31H,4-7,9-10H2,1-3H3. The van der Waals surface area contributed by atoms with Crippen molar-refractivity contribution in [3.63, 3.8) is 0 Å². The van der Waals surface area contributed by atoms with Gasteiger partial charge >= 0.3 is 6.01 Å². The largest absolute Gasteiger partial charge is 0.463 e. The van der Waals surface area contributed by atoms with Crippen LogP contribution in [0.4, 0.5) is 10.2 Å². The lowest BCUT2D eigenvalue weighted by Crippen LogP contribution is -2.59. The van der Waals surface area contributed by atoms with Crippen LogP contribution in [0.3, 0.4) is 0 Å². The topological polar surface area (TPSA) is 133 Å². The monoisotopic (exact) mass is 480 g/mol. The van der Waals surface area contributed by atoms with Gasteiger partial charge in [0.15, 0.2) is 11.0 Å². The van der Waals surface area contributed by atoms with Crippen molar-refractivity contribution < 1.29 is 19.0 Å². The van der Waals surface area contributed by atoms with E-state index in [1.807, 2.05) is 30.6 Å². The van der Waals surface area contributed by atoms with E-state index in [1.54, 1.807) is 0 Å². The van der Waals surface area contributed by atoms with Crippen LogP contribution in [0.1, 0.15) is 33.6 Å². The summed E-state index contributed by atoms with van der Waals surface area (Å²) in [5.41, 5.74) is 7.95. The molecule has 0 aromatic carbocycles. The second-order valence-corrected chi connectivity index (χ2v) is 9.41. The highest BCUT2D eigenvalue weighted by molar-refractivity contribution is 6.30. The quantitative estimate of drug-likeness (QED) is 0.159. The van der Waals surface area contributed by atoms with Crippen molar-refractivity contribution in [2.24, 2.45) is 5.11 Å². The van der Waals surface area contributed by atoms with Crippen LogP contribution in [0.2, 0.25) is 5.15 Å². The van der Waals surface area contributed by atoms with Crippen molar-refractivity contribution in [3.8, 4) is 6.01 Å². The number of hydrogen-bond acceptors (Lipinski definition) is 9. The Balaban J connectivity index is 1.64. The summed E-state index contributed by atoms with van der Waals surface area (Å²) in [6.45, 7) is 6.93. The van der Waals surface area contributed by atoms with Gasteiger partial charge in [-0.1, -0.05) is 16.7 Å². The summed E-state index contributed by atoms with van der Waals surface area (Å²) in [6.07, 6.45) is 2.22. The Hall–Kier alpha value is -2.50. The molecular weight excluding hydrogens is 455 g/mol. The zero-order valence-electron chi connectivity index (χ0n) is 18.6. The molecule has 2 fully saturated rings. The molecule has 4 rings (SSSR count). The van der Waals surface area contributed by atoms with Crippen molar-refractivity contribution in [2.45, 2.75) is 57.7 Å². The van der Waals surface area contributed by atoms with Gasteiger partial charge in [-0.2, -0.15) is 9.97 Å². The molecule has 2 bridgehead atoms. The predicted octanol–water partition coefficient (Wildman–Crippen LogP) is 3.25. The van der Waals surface area contributed by atoms with E-state index in [0.29, 0.717) is 24.3 Å². The molecule has 2 aliphatic heterocycles. The predicted molar refractivity (Wildman–Crippen MR) is 120 cm³/mol. The maximum Gasteiger partial charge on any atom is 0.319 e. The lowest BCUT2D eigenvalue weighted by molar-refractivity contribution is -0.252.